The monoisotopic (exact) mass is 242 g/mol. The molecule has 0 radical (unpaired) electrons. The summed E-state index contributed by atoms with van der Waals surface area (Å²) >= 11 is 0. The predicted octanol–water partition coefficient (Wildman–Crippen LogP) is -0.358. The van der Waals surface area contributed by atoms with Crippen molar-refractivity contribution in [1.82, 2.24) is 10.6 Å². The average molecular weight is 242 g/mol. The van der Waals surface area contributed by atoms with Crippen LogP contribution in [0.3, 0.4) is 0 Å². The molecule has 2 heterocycles. The van der Waals surface area contributed by atoms with Crippen LogP contribution < -0.4 is 10.6 Å². The molecule has 2 aliphatic rings. The molecule has 0 saturated carbocycles. The van der Waals surface area contributed by atoms with Gasteiger partial charge < -0.3 is 20.5 Å². The van der Waals surface area contributed by atoms with E-state index in [1.165, 1.54) is 0 Å². The summed E-state index contributed by atoms with van der Waals surface area (Å²) < 4.78 is 5.33. The van der Waals surface area contributed by atoms with Crippen LogP contribution in [0.25, 0.3) is 0 Å². The second-order valence-corrected chi connectivity index (χ2v) is 5.11. The first-order chi connectivity index (χ1) is 8.12. The summed E-state index contributed by atoms with van der Waals surface area (Å²) in [6.07, 6.45) is 2.17. The third-order valence-electron chi connectivity index (χ3n) is 3.94. The highest BCUT2D eigenvalue weighted by molar-refractivity contribution is 5.78. The van der Waals surface area contributed by atoms with Crippen molar-refractivity contribution in [3.8, 4) is 0 Å². The number of hydrogen-bond acceptors (Lipinski definition) is 4. The minimum Gasteiger partial charge on any atom is -0.385 e. The first-order valence-corrected chi connectivity index (χ1v) is 6.44. The van der Waals surface area contributed by atoms with Gasteiger partial charge in [0, 0.05) is 25.5 Å². The van der Waals surface area contributed by atoms with Gasteiger partial charge in [0.25, 0.3) is 0 Å². The molecule has 2 atom stereocenters. The summed E-state index contributed by atoms with van der Waals surface area (Å²) in [5, 5.41) is 16.4. The molecular formula is C12H22N2O3. The molecule has 2 rings (SSSR count). The van der Waals surface area contributed by atoms with Crippen molar-refractivity contribution >= 4 is 5.91 Å². The van der Waals surface area contributed by atoms with E-state index in [1.54, 1.807) is 0 Å². The van der Waals surface area contributed by atoms with E-state index in [0.29, 0.717) is 19.6 Å². The van der Waals surface area contributed by atoms with Gasteiger partial charge in [-0.1, -0.05) is 0 Å². The minimum atomic E-state index is -0.886. The number of amides is 1. The summed E-state index contributed by atoms with van der Waals surface area (Å²) in [6, 6.07) is 0. The zero-order valence-corrected chi connectivity index (χ0v) is 10.4. The first kappa shape index (κ1) is 12.8. The highest BCUT2D eigenvalue weighted by Gasteiger charge is 2.40. The van der Waals surface area contributed by atoms with Crippen LogP contribution in [0.1, 0.15) is 26.2 Å². The second-order valence-electron chi connectivity index (χ2n) is 5.11. The Hall–Kier alpha value is -0.650. The lowest BCUT2D eigenvalue weighted by molar-refractivity contribution is -0.127. The molecule has 2 unspecified atom stereocenters. The Kier molecular flexibility index (Phi) is 4.01. The summed E-state index contributed by atoms with van der Waals surface area (Å²) in [5.41, 5.74) is -0.886. The zero-order valence-electron chi connectivity index (χ0n) is 10.4. The lowest BCUT2D eigenvalue weighted by Crippen LogP contribution is -2.49. The van der Waals surface area contributed by atoms with Gasteiger partial charge in [-0.2, -0.15) is 0 Å². The fourth-order valence-electron chi connectivity index (χ4n) is 2.47. The molecule has 2 fully saturated rings. The molecule has 2 aliphatic heterocycles. The number of aliphatic hydroxyl groups is 1. The molecule has 2 saturated heterocycles. The number of piperidine rings is 1. The Morgan fingerprint density at radius 3 is 2.82 bits per heavy atom. The van der Waals surface area contributed by atoms with Crippen LogP contribution in [0.5, 0.6) is 0 Å². The first-order valence-electron chi connectivity index (χ1n) is 6.44. The molecule has 0 aromatic heterocycles. The molecule has 17 heavy (non-hydrogen) atoms. The third kappa shape index (κ3) is 2.97. The largest absolute Gasteiger partial charge is 0.385 e. The molecule has 0 aliphatic carbocycles. The molecule has 1 amide bonds. The van der Waals surface area contributed by atoms with Crippen LogP contribution in [0, 0.1) is 5.92 Å². The van der Waals surface area contributed by atoms with E-state index in [4.69, 9.17) is 4.74 Å². The van der Waals surface area contributed by atoms with Gasteiger partial charge in [-0.15, -0.1) is 0 Å². The standard InChI is InChI=1S/C12H22N2O3/c1-9-12(16,4-7-17-9)8-14-11(15)10-2-5-13-6-3-10/h9-10,13,16H,2-8H2,1H3,(H,14,15). The number of rotatable bonds is 3. The SMILES string of the molecule is CC1OCCC1(O)CNC(=O)C1CCNCC1. The Morgan fingerprint density at radius 2 is 2.24 bits per heavy atom. The quantitative estimate of drug-likeness (QED) is 0.632. The minimum absolute atomic E-state index is 0.0685. The normalized spacial score (nSPS) is 34.8. The Labute approximate surface area is 102 Å². The summed E-state index contributed by atoms with van der Waals surface area (Å²) in [7, 11) is 0. The maximum Gasteiger partial charge on any atom is 0.223 e. The van der Waals surface area contributed by atoms with Crippen LogP contribution in [0.4, 0.5) is 0 Å². The third-order valence-corrected chi connectivity index (χ3v) is 3.94. The van der Waals surface area contributed by atoms with E-state index in [0.717, 1.165) is 25.9 Å². The van der Waals surface area contributed by atoms with Crippen molar-refractivity contribution in [2.24, 2.45) is 5.92 Å². The van der Waals surface area contributed by atoms with Gasteiger partial charge in [0.1, 0.15) is 5.60 Å². The molecule has 3 N–H and O–H groups in total. The lowest BCUT2D eigenvalue weighted by atomic mass is 9.94. The number of nitrogens with one attached hydrogen (secondary N) is 2. The molecule has 5 nitrogen and oxygen atoms in total. The Balaban J connectivity index is 1.79. The summed E-state index contributed by atoms with van der Waals surface area (Å²) in [5.74, 6) is 0.163. The fourth-order valence-corrected chi connectivity index (χ4v) is 2.47. The molecule has 0 bridgehead atoms. The zero-order chi connectivity index (χ0) is 12.3. The van der Waals surface area contributed by atoms with Crippen molar-refractivity contribution in [3.05, 3.63) is 0 Å². The smallest absolute Gasteiger partial charge is 0.223 e. The molecule has 5 heteroatoms. The van der Waals surface area contributed by atoms with Crippen LogP contribution in [0.15, 0.2) is 0 Å². The van der Waals surface area contributed by atoms with Crippen molar-refractivity contribution in [1.29, 1.82) is 0 Å². The van der Waals surface area contributed by atoms with Crippen molar-refractivity contribution < 1.29 is 14.6 Å². The van der Waals surface area contributed by atoms with Gasteiger partial charge in [0.2, 0.25) is 5.91 Å². The van der Waals surface area contributed by atoms with Crippen LogP contribution in [0.2, 0.25) is 0 Å². The number of ether oxygens (including phenoxy) is 1. The molecule has 0 aromatic carbocycles. The number of carbonyl (C=O) groups excluding carboxylic acids is 1. The van der Waals surface area contributed by atoms with Crippen LogP contribution in [-0.2, 0) is 9.53 Å². The average Bonchev–Trinajstić information content (AvgIpc) is 2.68. The van der Waals surface area contributed by atoms with E-state index in [9.17, 15) is 9.90 Å². The molecule has 0 aromatic rings. The second kappa shape index (κ2) is 5.33. The summed E-state index contributed by atoms with van der Waals surface area (Å²) in [4.78, 5) is 11.9. The van der Waals surface area contributed by atoms with Gasteiger partial charge in [0.05, 0.1) is 6.10 Å². The highest BCUT2D eigenvalue weighted by Crippen LogP contribution is 2.25. The lowest BCUT2D eigenvalue weighted by Gasteiger charge is -2.28. The van der Waals surface area contributed by atoms with E-state index >= 15 is 0 Å². The highest BCUT2D eigenvalue weighted by atomic mass is 16.5. The number of carbonyl (C=O) groups is 1. The van der Waals surface area contributed by atoms with E-state index < -0.39 is 5.60 Å². The van der Waals surface area contributed by atoms with E-state index in [2.05, 4.69) is 10.6 Å². The topological polar surface area (TPSA) is 70.6 Å². The van der Waals surface area contributed by atoms with Crippen molar-refractivity contribution in [3.63, 3.8) is 0 Å². The Bertz CT molecular complexity index is 279. The van der Waals surface area contributed by atoms with Gasteiger partial charge in [-0.25, -0.2) is 0 Å². The van der Waals surface area contributed by atoms with E-state index in [1.807, 2.05) is 6.92 Å². The maximum atomic E-state index is 11.9. The Morgan fingerprint density at radius 1 is 1.53 bits per heavy atom. The van der Waals surface area contributed by atoms with Gasteiger partial charge in [-0.05, 0) is 32.9 Å². The van der Waals surface area contributed by atoms with Crippen molar-refractivity contribution in [2.75, 3.05) is 26.2 Å². The molecule has 98 valence electrons. The summed E-state index contributed by atoms with van der Waals surface area (Å²) in [6.45, 7) is 4.53. The van der Waals surface area contributed by atoms with Gasteiger partial charge in [0.15, 0.2) is 0 Å². The molecular weight excluding hydrogens is 220 g/mol. The fraction of sp³-hybridized carbons (Fsp3) is 0.917. The van der Waals surface area contributed by atoms with Crippen LogP contribution >= 0.6 is 0 Å². The van der Waals surface area contributed by atoms with Gasteiger partial charge >= 0.3 is 0 Å². The maximum absolute atomic E-state index is 11.9. The predicted molar refractivity (Wildman–Crippen MR) is 63.6 cm³/mol. The van der Waals surface area contributed by atoms with Crippen molar-refractivity contribution in [2.45, 2.75) is 37.9 Å². The van der Waals surface area contributed by atoms with E-state index in [-0.39, 0.29) is 17.9 Å². The number of hydrogen-bond donors (Lipinski definition) is 3. The molecule has 0 spiro atoms. The van der Waals surface area contributed by atoms with Crippen LogP contribution in [-0.4, -0.2) is 49.0 Å². The van der Waals surface area contributed by atoms with Gasteiger partial charge in [-0.3, -0.25) is 4.79 Å².